The summed E-state index contributed by atoms with van der Waals surface area (Å²) < 4.78 is 1.25. The number of thiazole rings is 1. The van der Waals surface area contributed by atoms with E-state index in [9.17, 15) is 0 Å². The maximum absolute atomic E-state index is 4.74. The molecular weight excluding hydrogens is 240 g/mol. The number of aryl methyl sites for hydroxylation is 1. The second kappa shape index (κ2) is 4.42. The molecule has 1 heterocycles. The van der Waals surface area contributed by atoms with Gasteiger partial charge >= 0.3 is 0 Å². The number of benzene rings is 2. The van der Waals surface area contributed by atoms with E-state index in [0.717, 1.165) is 16.2 Å². The lowest BCUT2D eigenvalue weighted by molar-refractivity contribution is 1.42. The maximum atomic E-state index is 4.74. The van der Waals surface area contributed by atoms with Gasteiger partial charge in [0.15, 0.2) is 0 Å². The van der Waals surface area contributed by atoms with Gasteiger partial charge in [-0.25, -0.2) is 4.98 Å². The molecule has 1 N–H and O–H groups in total. The van der Waals surface area contributed by atoms with E-state index in [4.69, 9.17) is 4.98 Å². The molecule has 3 rings (SSSR count). The minimum Gasteiger partial charge on any atom is -0.388 e. The molecule has 0 amide bonds. The Balaban J connectivity index is 2.10. The summed E-state index contributed by atoms with van der Waals surface area (Å²) >= 11 is 1.75. The fourth-order valence-electron chi connectivity index (χ4n) is 1.99. The van der Waals surface area contributed by atoms with Gasteiger partial charge in [0, 0.05) is 18.3 Å². The fraction of sp³-hybridized carbons (Fsp3) is 0.133. The summed E-state index contributed by atoms with van der Waals surface area (Å²) in [5, 5.41) is 4.21. The highest BCUT2D eigenvalue weighted by Crippen LogP contribution is 2.31. The summed E-state index contributed by atoms with van der Waals surface area (Å²) in [7, 11) is 1.93. The standard InChI is InChI=1S/C15H14N2S/c1-10-4-3-5-13-14(10)17-15(18-13)11-6-8-12(16-2)9-7-11/h3-9,16H,1-2H3. The van der Waals surface area contributed by atoms with E-state index in [0.29, 0.717) is 0 Å². The third-order valence-corrected chi connectivity index (χ3v) is 4.11. The van der Waals surface area contributed by atoms with Crippen LogP contribution in [0.3, 0.4) is 0 Å². The number of para-hydroxylation sites is 1. The Labute approximate surface area is 110 Å². The van der Waals surface area contributed by atoms with Crippen molar-refractivity contribution in [2.75, 3.05) is 12.4 Å². The summed E-state index contributed by atoms with van der Waals surface area (Å²) in [6.45, 7) is 2.11. The quantitative estimate of drug-likeness (QED) is 0.737. The number of anilines is 1. The maximum Gasteiger partial charge on any atom is 0.124 e. The minimum atomic E-state index is 1.09. The largest absolute Gasteiger partial charge is 0.388 e. The molecule has 2 aromatic carbocycles. The third kappa shape index (κ3) is 1.87. The zero-order chi connectivity index (χ0) is 12.5. The van der Waals surface area contributed by atoms with Crippen molar-refractivity contribution in [3.8, 4) is 10.6 Å². The molecule has 0 radical (unpaired) electrons. The molecule has 1 aromatic heterocycles. The van der Waals surface area contributed by atoms with E-state index in [2.05, 4.69) is 54.7 Å². The summed E-state index contributed by atoms with van der Waals surface area (Å²) in [5.74, 6) is 0. The van der Waals surface area contributed by atoms with Gasteiger partial charge in [0.05, 0.1) is 10.2 Å². The summed E-state index contributed by atoms with van der Waals surface area (Å²) in [4.78, 5) is 4.74. The van der Waals surface area contributed by atoms with E-state index in [1.165, 1.54) is 15.8 Å². The number of hydrogen-bond acceptors (Lipinski definition) is 3. The summed E-state index contributed by atoms with van der Waals surface area (Å²) in [6.07, 6.45) is 0. The Hall–Kier alpha value is -1.87. The molecule has 0 spiro atoms. The molecule has 0 fully saturated rings. The van der Waals surface area contributed by atoms with Gasteiger partial charge in [-0.05, 0) is 42.8 Å². The van der Waals surface area contributed by atoms with Crippen LogP contribution in [-0.4, -0.2) is 12.0 Å². The highest BCUT2D eigenvalue weighted by molar-refractivity contribution is 7.21. The first-order valence-corrected chi connectivity index (χ1v) is 6.74. The molecular formula is C15H14N2S. The second-order valence-electron chi connectivity index (χ2n) is 4.27. The van der Waals surface area contributed by atoms with E-state index < -0.39 is 0 Å². The van der Waals surface area contributed by atoms with Crippen molar-refractivity contribution in [3.05, 3.63) is 48.0 Å². The van der Waals surface area contributed by atoms with Crippen molar-refractivity contribution in [1.29, 1.82) is 0 Å². The average molecular weight is 254 g/mol. The van der Waals surface area contributed by atoms with Crippen molar-refractivity contribution in [2.24, 2.45) is 0 Å². The number of aromatic nitrogens is 1. The van der Waals surface area contributed by atoms with Crippen LogP contribution in [0.2, 0.25) is 0 Å². The summed E-state index contributed by atoms with van der Waals surface area (Å²) in [5.41, 5.74) is 4.66. The van der Waals surface area contributed by atoms with E-state index in [-0.39, 0.29) is 0 Å². The third-order valence-electron chi connectivity index (χ3n) is 3.04. The number of hydrogen-bond donors (Lipinski definition) is 1. The van der Waals surface area contributed by atoms with Crippen molar-refractivity contribution in [2.45, 2.75) is 6.92 Å². The van der Waals surface area contributed by atoms with Gasteiger partial charge in [-0.2, -0.15) is 0 Å². The Bertz CT molecular complexity index is 683. The van der Waals surface area contributed by atoms with Crippen LogP contribution in [0.5, 0.6) is 0 Å². The van der Waals surface area contributed by atoms with Gasteiger partial charge in [0.2, 0.25) is 0 Å². The highest BCUT2D eigenvalue weighted by Gasteiger charge is 2.07. The molecule has 0 saturated carbocycles. The number of rotatable bonds is 2. The Morgan fingerprint density at radius 3 is 2.50 bits per heavy atom. The lowest BCUT2D eigenvalue weighted by atomic mass is 10.2. The second-order valence-corrected chi connectivity index (χ2v) is 5.30. The van der Waals surface area contributed by atoms with Gasteiger partial charge < -0.3 is 5.32 Å². The van der Waals surface area contributed by atoms with Crippen LogP contribution in [-0.2, 0) is 0 Å². The van der Waals surface area contributed by atoms with E-state index in [1.54, 1.807) is 11.3 Å². The number of nitrogens with one attached hydrogen (secondary N) is 1. The molecule has 0 aliphatic carbocycles. The van der Waals surface area contributed by atoms with Crippen LogP contribution in [0.1, 0.15) is 5.56 Å². The summed E-state index contributed by atoms with van der Waals surface area (Å²) in [6, 6.07) is 14.7. The van der Waals surface area contributed by atoms with E-state index >= 15 is 0 Å². The molecule has 0 bridgehead atoms. The normalized spacial score (nSPS) is 10.8. The van der Waals surface area contributed by atoms with Gasteiger partial charge in [-0.3, -0.25) is 0 Å². The molecule has 3 heteroatoms. The van der Waals surface area contributed by atoms with Crippen molar-refractivity contribution < 1.29 is 0 Å². The van der Waals surface area contributed by atoms with Gasteiger partial charge in [0.1, 0.15) is 5.01 Å². The van der Waals surface area contributed by atoms with Gasteiger partial charge in [0.25, 0.3) is 0 Å². The SMILES string of the molecule is CNc1ccc(-c2nc3c(C)cccc3s2)cc1. The predicted octanol–water partition coefficient (Wildman–Crippen LogP) is 4.31. The smallest absolute Gasteiger partial charge is 0.124 e. The molecule has 0 aliphatic heterocycles. The van der Waals surface area contributed by atoms with Gasteiger partial charge in [-0.15, -0.1) is 11.3 Å². The molecule has 90 valence electrons. The monoisotopic (exact) mass is 254 g/mol. The first-order valence-electron chi connectivity index (χ1n) is 5.92. The van der Waals surface area contributed by atoms with Crippen LogP contribution >= 0.6 is 11.3 Å². The van der Waals surface area contributed by atoms with Crippen LogP contribution < -0.4 is 5.32 Å². The van der Waals surface area contributed by atoms with E-state index in [1.807, 2.05) is 7.05 Å². The molecule has 3 aromatic rings. The van der Waals surface area contributed by atoms with Crippen molar-refractivity contribution >= 4 is 27.2 Å². The van der Waals surface area contributed by atoms with Crippen LogP contribution in [0, 0.1) is 6.92 Å². The molecule has 18 heavy (non-hydrogen) atoms. The Kier molecular flexibility index (Phi) is 2.76. The fourth-order valence-corrected chi connectivity index (χ4v) is 3.04. The lowest BCUT2D eigenvalue weighted by Gasteiger charge is -2.00. The predicted molar refractivity (Wildman–Crippen MR) is 79.3 cm³/mol. The first-order chi connectivity index (χ1) is 8.78. The molecule has 0 unspecified atom stereocenters. The topological polar surface area (TPSA) is 24.9 Å². The number of fused-ring (bicyclic) bond motifs is 1. The zero-order valence-corrected chi connectivity index (χ0v) is 11.2. The minimum absolute atomic E-state index is 1.09. The Morgan fingerprint density at radius 1 is 1.06 bits per heavy atom. The van der Waals surface area contributed by atoms with Gasteiger partial charge in [-0.1, -0.05) is 12.1 Å². The molecule has 0 atom stereocenters. The van der Waals surface area contributed by atoms with Crippen LogP contribution in [0.4, 0.5) is 5.69 Å². The Morgan fingerprint density at radius 2 is 1.83 bits per heavy atom. The molecule has 0 saturated heterocycles. The van der Waals surface area contributed by atoms with Crippen molar-refractivity contribution in [1.82, 2.24) is 4.98 Å². The highest BCUT2D eigenvalue weighted by atomic mass is 32.1. The molecule has 0 aliphatic rings. The van der Waals surface area contributed by atoms with Crippen LogP contribution in [0.25, 0.3) is 20.8 Å². The molecule has 2 nitrogen and oxygen atoms in total. The average Bonchev–Trinajstić information content (AvgIpc) is 2.84. The number of nitrogens with zero attached hydrogens (tertiary/aromatic N) is 1. The first kappa shape index (κ1) is 11.2. The zero-order valence-electron chi connectivity index (χ0n) is 10.4. The lowest BCUT2D eigenvalue weighted by Crippen LogP contribution is -1.86. The van der Waals surface area contributed by atoms with Crippen LogP contribution in [0.15, 0.2) is 42.5 Å². The van der Waals surface area contributed by atoms with Crippen molar-refractivity contribution in [3.63, 3.8) is 0 Å².